The average Bonchev–Trinajstić information content (AvgIpc) is 2.69. The van der Waals surface area contributed by atoms with Crippen molar-refractivity contribution in [2.75, 3.05) is 50.2 Å². The van der Waals surface area contributed by atoms with Crippen molar-refractivity contribution in [3.8, 4) is 11.3 Å². The summed E-state index contributed by atoms with van der Waals surface area (Å²) in [5.41, 5.74) is 9.87. The van der Waals surface area contributed by atoms with Crippen LogP contribution in [0.3, 0.4) is 0 Å². The van der Waals surface area contributed by atoms with Gasteiger partial charge in [0.05, 0.1) is 11.1 Å². The summed E-state index contributed by atoms with van der Waals surface area (Å²) in [6, 6.07) is 12.6. The number of pyridine rings is 1. The average molecular weight is 377 g/mol. The van der Waals surface area contributed by atoms with Crippen LogP contribution >= 0.6 is 0 Å². The molecule has 1 aliphatic heterocycles. The fourth-order valence-corrected chi connectivity index (χ4v) is 3.54. The summed E-state index contributed by atoms with van der Waals surface area (Å²) < 4.78 is 0. The summed E-state index contributed by atoms with van der Waals surface area (Å²) in [6.45, 7) is 2.15. The summed E-state index contributed by atoms with van der Waals surface area (Å²) in [5, 5.41) is 4.22. The number of rotatable bonds is 4. The zero-order chi connectivity index (χ0) is 19.7. The molecule has 0 bridgehead atoms. The molecule has 3 aromatic rings. The lowest BCUT2D eigenvalue weighted by molar-refractivity contribution is 0.263. The molecule has 1 aliphatic rings. The Hall–Kier alpha value is -2.93. The molecule has 0 amide bonds. The molecule has 3 heterocycles. The van der Waals surface area contributed by atoms with Crippen LogP contribution in [-0.2, 0) is 0 Å². The van der Waals surface area contributed by atoms with Crippen molar-refractivity contribution in [1.82, 2.24) is 19.9 Å². The number of nitrogens with zero attached hydrogens (tertiary/aromatic N) is 5. The summed E-state index contributed by atoms with van der Waals surface area (Å²) in [6.07, 6.45) is 2.14. The Morgan fingerprint density at radius 3 is 2.61 bits per heavy atom. The second-order valence-corrected chi connectivity index (χ2v) is 7.67. The molecule has 1 saturated heterocycles. The van der Waals surface area contributed by atoms with Gasteiger partial charge in [0.25, 0.3) is 0 Å². The molecule has 0 saturated carbocycles. The molecule has 0 atom stereocenters. The molecular weight excluding hydrogens is 350 g/mol. The van der Waals surface area contributed by atoms with E-state index < -0.39 is 0 Å². The number of piperidine rings is 1. The highest BCUT2D eigenvalue weighted by Gasteiger charge is 2.18. The van der Waals surface area contributed by atoms with E-state index in [2.05, 4.69) is 50.3 Å². The normalized spacial score (nSPS) is 15.7. The number of hydrogen-bond acceptors (Lipinski definition) is 7. The molecule has 0 unspecified atom stereocenters. The van der Waals surface area contributed by atoms with Crippen molar-refractivity contribution < 1.29 is 0 Å². The third-order valence-electron chi connectivity index (χ3n) is 5.30. The second-order valence-electron chi connectivity index (χ2n) is 7.67. The van der Waals surface area contributed by atoms with Gasteiger partial charge in [0.1, 0.15) is 5.82 Å². The molecule has 7 nitrogen and oxygen atoms in total. The number of fused-ring (bicyclic) bond motifs is 1. The third-order valence-corrected chi connectivity index (χ3v) is 5.30. The molecule has 146 valence electrons. The molecule has 0 aliphatic carbocycles. The lowest BCUT2D eigenvalue weighted by atomic mass is 10.1. The summed E-state index contributed by atoms with van der Waals surface area (Å²) in [5.74, 6) is 1.02. The van der Waals surface area contributed by atoms with Crippen molar-refractivity contribution in [2.45, 2.75) is 18.9 Å². The minimum absolute atomic E-state index is 0.369. The molecular formula is C21H27N7. The number of nitrogen functional groups attached to an aromatic ring is 1. The van der Waals surface area contributed by atoms with Gasteiger partial charge in [-0.15, -0.1) is 0 Å². The van der Waals surface area contributed by atoms with E-state index in [1.54, 1.807) is 0 Å². The van der Waals surface area contributed by atoms with E-state index in [9.17, 15) is 0 Å². The molecule has 1 aromatic carbocycles. The molecule has 28 heavy (non-hydrogen) atoms. The maximum absolute atomic E-state index is 6.19. The molecule has 1 fully saturated rings. The maximum Gasteiger partial charge on any atom is 0.226 e. The van der Waals surface area contributed by atoms with Crippen LogP contribution in [0.1, 0.15) is 12.8 Å². The first-order valence-electron chi connectivity index (χ1n) is 9.67. The Labute approximate surface area is 165 Å². The van der Waals surface area contributed by atoms with Gasteiger partial charge in [0.15, 0.2) is 5.65 Å². The van der Waals surface area contributed by atoms with Crippen molar-refractivity contribution in [3.05, 3.63) is 36.4 Å². The van der Waals surface area contributed by atoms with Crippen LogP contribution in [0, 0.1) is 0 Å². The van der Waals surface area contributed by atoms with E-state index in [0.29, 0.717) is 23.5 Å². The monoisotopic (exact) mass is 377 g/mol. The van der Waals surface area contributed by atoms with Crippen molar-refractivity contribution in [2.24, 2.45) is 0 Å². The Morgan fingerprint density at radius 2 is 1.86 bits per heavy atom. The Morgan fingerprint density at radius 1 is 1.07 bits per heavy atom. The summed E-state index contributed by atoms with van der Waals surface area (Å²) in [7, 11) is 6.21. The Kier molecular flexibility index (Phi) is 5.00. The van der Waals surface area contributed by atoms with Crippen molar-refractivity contribution in [3.63, 3.8) is 0 Å². The lowest BCUT2D eigenvalue weighted by Crippen LogP contribution is -2.37. The minimum Gasteiger partial charge on any atom is -0.383 e. The zero-order valence-corrected chi connectivity index (χ0v) is 16.7. The summed E-state index contributed by atoms with van der Waals surface area (Å²) in [4.78, 5) is 18.3. The molecule has 3 N–H and O–H groups in total. The van der Waals surface area contributed by atoms with E-state index in [4.69, 9.17) is 10.7 Å². The Balaban J connectivity index is 1.65. The quantitative estimate of drug-likeness (QED) is 0.723. The fourth-order valence-electron chi connectivity index (χ4n) is 3.54. The van der Waals surface area contributed by atoms with Gasteiger partial charge in [-0.05, 0) is 57.2 Å². The van der Waals surface area contributed by atoms with Crippen LogP contribution in [0.15, 0.2) is 36.4 Å². The van der Waals surface area contributed by atoms with Crippen LogP contribution in [-0.4, -0.2) is 60.1 Å². The molecule has 0 radical (unpaired) electrons. The highest BCUT2D eigenvalue weighted by atomic mass is 15.2. The molecule has 4 rings (SSSR count). The van der Waals surface area contributed by atoms with Gasteiger partial charge in [0, 0.05) is 31.4 Å². The fraction of sp³-hybridized carbons (Fsp3) is 0.381. The van der Waals surface area contributed by atoms with Crippen molar-refractivity contribution in [1.29, 1.82) is 0 Å². The van der Waals surface area contributed by atoms with Crippen LogP contribution < -0.4 is 16.0 Å². The van der Waals surface area contributed by atoms with Crippen LogP contribution in [0.25, 0.3) is 22.3 Å². The SMILES string of the molecule is CN1CCC(Nc2nc(N)c3ccc(-c4cccc(N(C)C)c4)nc3n2)CC1. The van der Waals surface area contributed by atoms with Gasteiger partial charge in [-0.1, -0.05) is 12.1 Å². The van der Waals surface area contributed by atoms with E-state index in [1.807, 2.05) is 32.3 Å². The van der Waals surface area contributed by atoms with Gasteiger partial charge in [-0.25, -0.2) is 4.98 Å². The van der Waals surface area contributed by atoms with Crippen LogP contribution in [0.2, 0.25) is 0 Å². The smallest absolute Gasteiger partial charge is 0.226 e. The predicted octanol–water partition coefficient (Wildman–Crippen LogP) is 2.85. The van der Waals surface area contributed by atoms with Gasteiger partial charge in [-0.3, -0.25) is 0 Å². The largest absolute Gasteiger partial charge is 0.383 e. The molecule has 7 heteroatoms. The lowest BCUT2D eigenvalue weighted by Gasteiger charge is -2.29. The summed E-state index contributed by atoms with van der Waals surface area (Å²) >= 11 is 0. The highest BCUT2D eigenvalue weighted by molar-refractivity contribution is 5.88. The van der Waals surface area contributed by atoms with Crippen LogP contribution in [0.5, 0.6) is 0 Å². The minimum atomic E-state index is 0.369. The number of aromatic nitrogens is 3. The standard InChI is InChI=1S/C21H27N7/c1-27(2)16-6-4-5-14(13-16)18-8-7-17-19(22)25-21(26-20(17)24-18)23-15-9-11-28(3)12-10-15/h4-8,13,15H,9-12H2,1-3H3,(H3,22,23,24,25,26). The third kappa shape index (κ3) is 3.84. The van der Waals surface area contributed by atoms with Crippen LogP contribution in [0.4, 0.5) is 17.5 Å². The van der Waals surface area contributed by atoms with E-state index in [0.717, 1.165) is 48.3 Å². The maximum atomic E-state index is 6.19. The van der Waals surface area contributed by atoms with Gasteiger partial charge >= 0.3 is 0 Å². The molecule has 2 aromatic heterocycles. The number of nitrogens with one attached hydrogen (secondary N) is 1. The first-order valence-corrected chi connectivity index (χ1v) is 9.67. The number of benzene rings is 1. The van der Waals surface area contributed by atoms with E-state index >= 15 is 0 Å². The second kappa shape index (κ2) is 7.59. The van der Waals surface area contributed by atoms with Gasteiger partial charge in [-0.2, -0.15) is 9.97 Å². The molecule has 0 spiro atoms. The first kappa shape index (κ1) is 18.4. The highest BCUT2D eigenvalue weighted by Crippen LogP contribution is 2.26. The van der Waals surface area contributed by atoms with E-state index in [1.165, 1.54) is 0 Å². The number of anilines is 3. The number of hydrogen-bond donors (Lipinski definition) is 2. The number of nitrogens with two attached hydrogens (primary N) is 1. The first-order chi connectivity index (χ1) is 13.5. The number of likely N-dealkylation sites (tertiary alicyclic amines) is 1. The van der Waals surface area contributed by atoms with Gasteiger partial charge in [0.2, 0.25) is 5.95 Å². The topological polar surface area (TPSA) is 83.2 Å². The Bertz CT molecular complexity index is 978. The predicted molar refractivity (Wildman–Crippen MR) is 116 cm³/mol. The van der Waals surface area contributed by atoms with E-state index in [-0.39, 0.29) is 0 Å². The van der Waals surface area contributed by atoms with Gasteiger partial charge < -0.3 is 20.9 Å². The zero-order valence-electron chi connectivity index (χ0n) is 16.7. The van der Waals surface area contributed by atoms with Crippen molar-refractivity contribution >= 4 is 28.5 Å².